The van der Waals surface area contributed by atoms with E-state index in [0.29, 0.717) is 23.9 Å². The largest absolute Gasteiger partial charge is 0.439 e. The molecule has 0 aliphatic rings. The average molecular weight is 403 g/mol. The van der Waals surface area contributed by atoms with Crippen LogP contribution in [0.15, 0.2) is 66.9 Å². The van der Waals surface area contributed by atoms with Gasteiger partial charge in [-0.25, -0.2) is 4.98 Å². The Morgan fingerprint density at radius 2 is 1.73 bits per heavy atom. The lowest BCUT2D eigenvalue weighted by molar-refractivity contribution is -0.136. The number of hydrogen-bond donors (Lipinski definition) is 2. The predicted molar refractivity (Wildman–Crippen MR) is 117 cm³/mol. The van der Waals surface area contributed by atoms with E-state index in [9.17, 15) is 9.59 Å². The van der Waals surface area contributed by atoms with Crippen LogP contribution >= 0.6 is 0 Å². The maximum absolute atomic E-state index is 12.0. The second-order valence-electron chi connectivity index (χ2n) is 7.03. The molecule has 30 heavy (non-hydrogen) atoms. The third-order valence-electron chi connectivity index (χ3n) is 4.67. The van der Waals surface area contributed by atoms with Crippen molar-refractivity contribution < 1.29 is 14.3 Å². The van der Waals surface area contributed by atoms with Gasteiger partial charge in [0.05, 0.1) is 11.9 Å². The Kier molecular flexibility index (Phi) is 7.16. The molecule has 2 N–H and O–H groups in total. The summed E-state index contributed by atoms with van der Waals surface area (Å²) in [6.07, 6.45) is 3.06. The van der Waals surface area contributed by atoms with Crippen molar-refractivity contribution in [1.82, 2.24) is 10.3 Å². The van der Waals surface area contributed by atoms with Crippen LogP contribution in [0.1, 0.15) is 23.1 Å². The molecular weight excluding hydrogens is 378 g/mol. The highest BCUT2D eigenvalue weighted by molar-refractivity contribution is 6.39. The molecule has 0 aliphatic carbocycles. The molecule has 2 amide bonds. The van der Waals surface area contributed by atoms with Gasteiger partial charge in [0.15, 0.2) is 0 Å². The van der Waals surface area contributed by atoms with E-state index in [2.05, 4.69) is 15.6 Å². The standard InChI is InChI=1S/C24H25N3O3/c1-17-10-12-21(15-18(17)2)30-22-13-11-20(16-26-22)27-24(29)23(28)25-14-6-9-19-7-4-3-5-8-19/h3-5,7-8,10-13,15-16H,6,9,14H2,1-2H3,(H,25,28)(H,27,29). The number of nitrogens with one attached hydrogen (secondary N) is 2. The van der Waals surface area contributed by atoms with Gasteiger partial charge in [-0.1, -0.05) is 36.4 Å². The van der Waals surface area contributed by atoms with Crippen LogP contribution in [0.3, 0.4) is 0 Å². The Morgan fingerprint density at radius 1 is 0.933 bits per heavy atom. The van der Waals surface area contributed by atoms with Gasteiger partial charge >= 0.3 is 11.8 Å². The first kappa shape index (κ1) is 21.0. The Labute approximate surface area is 176 Å². The number of benzene rings is 2. The number of aryl methyl sites for hydroxylation is 3. The second kappa shape index (κ2) is 10.2. The van der Waals surface area contributed by atoms with E-state index in [1.807, 2.05) is 62.4 Å². The van der Waals surface area contributed by atoms with Gasteiger partial charge in [0.1, 0.15) is 5.75 Å². The summed E-state index contributed by atoms with van der Waals surface area (Å²) in [6, 6.07) is 19.1. The first-order valence-electron chi connectivity index (χ1n) is 9.85. The van der Waals surface area contributed by atoms with Crippen LogP contribution in [-0.2, 0) is 16.0 Å². The van der Waals surface area contributed by atoms with Gasteiger partial charge in [-0.05, 0) is 61.6 Å². The minimum absolute atomic E-state index is 0.404. The molecule has 0 unspecified atom stereocenters. The number of carbonyl (C=O) groups is 2. The lowest BCUT2D eigenvalue weighted by Gasteiger charge is -2.09. The summed E-state index contributed by atoms with van der Waals surface area (Å²) in [7, 11) is 0. The quantitative estimate of drug-likeness (QED) is 0.458. The fourth-order valence-corrected chi connectivity index (χ4v) is 2.82. The molecule has 0 radical (unpaired) electrons. The van der Waals surface area contributed by atoms with Gasteiger partial charge in [0, 0.05) is 12.6 Å². The third-order valence-corrected chi connectivity index (χ3v) is 4.67. The summed E-state index contributed by atoms with van der Waals surface area (Å²) in [6.45, 7) is 4.48. The molecule has 0 saturated carbocycles. The Bertz CT molecular complexity index is 1000. The summed E-state index contributed by atoms with van der Waals surface area (Å²) in [5.41, 5.74) is 3.94. The number of anilines is 1. The zero-order valence-corrected chi connectivity index (χ0v) is 17.1. The molecule has 3 rings (SSSR count). The number of pyridine rings is 1. The smallest absolute Gasteiger partial charge is 0.313 e. The lowest BCUT2D eigenvalue weighted by Crippen LogP contribution is -2.36. The fraction of sp³-hybridized carbons (Fsp3) is 0.208. The highest BCUT2D eigenvalue weighted by Crippen LogP contribution is 2.22. The number of hydrogen-bond acceptors (Lipinski definition) is 4. The van der Waals surface area contributed by atoms with Crippen LogP contribution < -0.4 is 15.4 Å². The summed E-state index contributed by atoms with van der Waals surface area (Å²) >= 11 is 0. The van der Waals surface area contributed by atoms with E-state index in [1.165, 1.54) is 17.3 Å². The van der Waals surface area contributed by atoms with Crippen molar-refractivity contribution in [2.75, 3.05) is 11.9 Å². The average Bonchev–Trinajstić information content (AvgIpc) is 2.76. The van der Waals surface area contributed by atoms with E-state index in [-0.39, 0.29) is 0 Å². The molecular formula is C24H25N3O3. The molecule has 0 spiro atoms. The molecule has 0 fully saturated rings. The topological polar surface area (TPSA) is 80.3 Å². The molecule has 0 atom stereocenters. The zero-order chi connectivity index (χ0) is 21.3. The number of rotatable bonds is 7. The number of aromatic nitrogens is 1. The summed E-state index contributed by atoms with van der Waals surface area (Å²) < 4.78 is 5.72. The van der Waals surface area contributed by atoms with Crippen molar-refractivity contribution in [2.45, 2.75) is 26.7 Å². The number of carbonyl (C=O) groups excluding carboxylic acids is 2. The third kappa shape index (κ3) is 6.17. The fourth-order valence-electron chi connectivity index (χ4n) is 2.82. The van der Waals surface area contributed by atoms with Gasteiger partial charge in [-0.15, -0.1) is 0 Å². The van der Waals surface area contributed by atoms with Crippen LogP contribution in [0.25, 0.3) is 0 Å². The van der Waals surface area contributed by atoms with Crippen molar-refractivity contribution in [3.05, 3.63) is 83.6 Å². The molecule has 2 aromatic carbocycles. The first-order valence-corrected chi connectivity index (χ1v) is 9.85. The van der Waals surface area contributed by atoms with Crippen molar-refractivity contribution in [2.24, 2.45) is 0 Å². The molecule has 0 saturated heterocycles. The van der Waals surface area contributed by atoms with E-state index >= 15 is 0 Å². The van der Waals surface area contributed by atoms with Crippen molar-refractivity contribution in [3.8, 4) is 11.6 Å². The molecule has 0 aliphatic heterocycles. The van der Waals surface area contributed by atoms with Gasteiger partial charge in [-0.2, -0.15) is 0 Å². The van der Waals surface area contributed by atoms with Crippen LogP contribution in [0.5, 0.6) is 11.6 Å². The number of nitrogens with zero attached hydrogens (tertiary/aromatic N) is 1. The van der Waals surface area contributed by atoms with E-state index in [0.717, 1.165) is 18.4 Å². The Hall–Kier alpha value is -3.67. The van der Waals surface area contributed by atoms with Crippen LogP contribution in [0.4, 0.5) is 5.69 Å². The SMILES string of the molecule is Cc1ccc(Oc2ccc(NC(=O)C(=O)NCCCc3ccccc3)cn2)cc1C. The van der Waals surface area contributed by atoms with E-state index in [4.69, 9.17) is 4.74 Å². The van der Waals surface area contributed by atoms with Crippen LogP contribution in [-0.4, -0.2) is 23.3 Å². The molecule has 6 nitrogen and oxygen atoms in total. The molecule has 154 valence electrons. The van der Waals surface area contributed by atoms with Crippen LogP contribution in [0.2, 0.25) is 0 Å². The monoisotopic (exact) mass is 403 g/mol. The minimum Gasteiger partial charge on any atom is -0.439 e. The molecule has 0 bridgehead atoms. The Balaban J connectivity index is 1.44. The summed E-state index contributed by atoms with van der Waals surface area (Å²) in [4.78, 5) is 28.2. The van der Waals surface area contributed by atoms with Gasteiger partial charge in [-0.3, -0.25) is 9.59 Å². The lowest BCUT2D eigenvalue weighted by atomic mass is 10.1. The molecule has 6 heteroatoms. The predicted octanol–water partition coefficient (Wildman–Crippen LogP) is 4.18. The maximum Gasteiger partial charge on any atom is 0.313 e. The summed E-state index contributed by atoms with van der Waals surface area (Å²) in [5.74, 6) is -0.295. The van der Waals surface area contributed by atoms with Gasteiger partial charge < -0.3 is 15.4 Å². The highest BCUT2D eigenvalue weighted by Gasteiger charge is 2.13. The van der Waals surface area contributed by atoms with E-state index in [1.54, 1.807) is 12.1 Å². The normalized spacial score (nSPS) is 10.3. The number of amides is 2. The minimum atomic E-state index is -0.723. The van der Waals surface area contributed by atoms with Crippen molar-refractivity contribution >= 4 is 17.5 Å². The van der Waals surface area contributed by atoms with Gasteiger partial charge in [0.2, 0.25) is 5.88 Å². The molecule has 1 heterocycles. The number of ether oxygens (including phenoxy) is 1. The van der Waals surface area contributed by atoms with Crippen molar-refractivity contribution in [3.63, 3.8) is 0 Å². The first-order chi connectivity index (χ1) is 14.5. The van der Waals surface area contributed by atoms with Crippen LogP contribution in [0, 0.1) is 13.8 Å². The van der Waals surface area contributed by atoms with E-state index < -0.39 is 11.8 Å². The highest BCUT2D eigenvalue weighted by atomic mass is 16.5. The Morgan fingerprint density at radius 3 is 2.43 bits per heavy atom. The zero-order valence-electron chi connectivity index (χ0n) is 17.1. The van der Waals surface area contributed by atoms with Gasteiger partial charge in [0.25, 0.3) is 0 Å². The molecule has 1 aromatic heterocycles. The van der Waals surface area contributed by atoms with Crippen molar-refractivity contribution in [1.29, 1.82) is 0 Å². The second-order valence-corrected chi connectivity index (χ2v) is 7.03. The maximum atomic E-state index is 12.0. The summed E-state index contributed by atoms with van der Waals surface area (Å²) in [5, 5.41) is 5.17. The molecule has 3 aromatic rings.